The van der Waals surface area contributed by atoms with Gasteiger partial charge in [0.25, 0.3) is 0 Å². The molecule has 11 heteroatoms. The van der Waals surface area contributed by atoms with Gasteiger partial charge in [0.15, 0.2) is 5.78 Å². The topological polar surface area (TPSA) is 74.7 Å². The largest absolute Gasteiger partial charge is 0.394 e. The lowest BCUT2D eigenvalue weighted by Crippen LogP contribution is -2.41. The van der Waals surface area contributed by atoms with Gasteiger partial charge in [-0.1, -0.05) is 47.5 Å². The quantitative estimate of drug-likeness (QED) is 0.415. The molecule has 35 heavy (non-hydrogen) atoms. The van der Waals surface area contributed by atoms with E-state index in [2.05, 4.69) is 15.4 Å². The number of nitrogens with zero attached hydrogens (tertiary/aromatic N) is 3. The number of nitrogens with one attached hydrogen (secondary N) is 1. The molecule has 0 aliphatic carbocycles. The minimum atomic E-state index is -4.36. The number of carbonyl (C=O) groups excluding carboxylic acids is 2. The Labute approximate surface area is 208 Å². The van der Waals surface area contributed by atoms with E-state index in [-0.39, 0.29) is 17.0 Å². The van der Waals surface area contributed by atoms with Crippen LogP contribution in [0.15, 0.2) is 59.8 Å². The second kappa shape index (κ2) is 10.1. The number of halogens is 5. The van der Waals surface area contributed by atoms with Crippen LogP contribution in [0.5, 0.6) is 0 Å². The molecule has 4 rings (SSSR count). The first-order chi connectivity index (χ1) is 16.6. The Balaban J connectivity index is 1.47. The smallest absolute Gasteiger partial charge is 0.331 e. The molecule has 0 spiro atoms. The van der Waals surface area contributed by atoms with E-state index in [1.165, 1.54) is 12.1 Å². The molecule has 2 amide bonds. The van der Waals surface area contributed by atoms with Gasteiger partial charge in [0, 0.05) is 45.7 Å². The maximum Gasteiger partial charge on any atom is 0.394 e. The number of hydrazone groups is 1. The third-order valence-corrected chi connectivity index (χ3v) is 5.84. The standard InChI is InChI=1S/C24H17Cl2F3N4O2/c25-20-10-18(33-23(35)30-7-8-32-33)11-21(26)19(20)9-14-1-3-15(4-2-14)22(34)16-5-6-17(31-13-16)12-24(27,28)29/h1-6,8,10-11,13H,7,9,12H2,(H,30,35). The highest BCUT2D eigenvalue weighted by molar-refractivity contribution is 6.36. The van der Waals surface area contributed by atoms with Crippen LogP contribution in [-0.4, -0.2) is 35.7 Å². The number of rotatable bonds is 6. The molecule has 0 radical (unpaired) electrons. The second-order valence-corrected chi connectivity index (χ2v) is 8.53. The maximum absolute atomic E-state index is 12.7. The Hall–Kier alpha value is -3.43. The van der Waals surface area contributed by atoms with Gasteiger partial charge < -0.3 is 5.32 Å². The van der Waals surface area contributed by atoms with Crippen molar-refractivity contribution in [3.63, 3.8) is 0 Å². The van der Waals surface area contributed by atoms with Gasteiger partial charge in [-0.2, -0.15) is 23.3 Å². The van der Waals surface area contributed by atoms with Crippen molar-refractivity contribution in [1.29, 1.82) is 0 Å². The zero-order valence-corrected chi connectivity index (χ0v) is 19.5. The van der Waals surface area contributed by atoms with Crippen LogP contribution in [0.4, 0.5) is 23.7 Å². The number of ketones is 1. The molecule has 0 fully saturated rings. The number of hydrogen-bond acceptors (Lipinski definition) is 4. The lowest BCUT2D eigenvalue weighted by Gasteiger charge is -2.22. The summed E-state index contributed by atoms with van der Waals surface area (Å²) < 4.78 is 37.4. The third kappa shape index (κ3) is 5.98. The highest BCUT2D eigenvalue weighted by atomic mass is 35.5. The van der Waals surface area contributed by atoms with E-state index in [9.17, 15) is 22.8 Å². The Morgan fingerprint density at radius 1 is 1.03 bits per heavy atom. The SMILES string of the molecule is O=C(c1ccc(Cc2c(Cl)cc(N3N=CCNC3=O)cc2Cl)cc1)c1ccc(CC(F)(F)F)nc1. The van der Waals surface area contributed by atoms with Crippen LogP contribution >= 0.6 is 23.2 Å². The molecule has 0 saturated carbocycles. The van der Waals surface area contributed by atoms with Gasteiger partial charge in [0.1, 0.15) is 0 Å². The minimum Gasteiger partial charge on any atom is -0.331 e. The van der Waals surface area contributed by atoms with Crippen LogP contribution in [-0.2, 0) is 12.8 Å². The number of benzene rings is 2. The monoisotopic (exact) mass is 520 g/mol. The van der Waals surface area contributed by atoms with E-state index in [1.54, 1.807) is 42.6 Å². The van der Waals surface area contributed by atoms with E-state index < -0.39 is 18.6 Å². The molecule has 6 nitrogen and oxygen atoms in total. The first kappa shape index (κ1) is 24.7. The minimum absolute atomic E-state index is 0.156. The fraction of sp³-hybridized carbons (Fsp3) is 0.167. The summed E-state index contributed by atoms with van der Waals surface area (Å²) in [6.07, 6.45) is -2.45. The number of aromatic nitrogens is 1. The summed E-state index contributed by atoms with van der Waals surface area (Å²) >= 11 is 12.9. The average molecular weight is 521 g/mol. The predicted molar refractivity (Wildman–Crippen MR) is 128 cm³/mol. The number of pyridine rings is 1. The molecule has 2 heterocycles. The molecule has 0 saturated heterocycles. The van der Waals surface area contributed by atoms with E-state index >= 15 is 0 Å². The number of alkyl halides is 3. The average Bonchev–Trinajstić information content (AvgIpc) is 2.81. The van der Waals surface area contributed by atoms with Crippen molar-refractivity contribution in [2.75, 3.05) is 11.6 Å². The van der Waals surface area contributed by atoms with Gasteiger partial charge in [0.05, 0.1) is 18.7 Å². The zero-order chi connectivity index (χ0) is 25.2. The van der Waals surface area contributed by atoms with Crippen molar-refractivity contribution >= 4 is 46.9 Å². The molecule has 0 unspecified atom stereocenters. The predicted octanol–water partition coefficient (Wildman–Crippen LogP) is 5.83. The molecule has 1 aromatic heterocycles. The van der Waals surface area contributed by atoms with Crippen LogP contribution in [0, 0.1) is 0 Å². The summed E-state index contributed by atoms with van der Waals surface area (Å²) in [5.41, 5.74) is 2.28. The Kier molecular flexibility index (Phi) is 7.09. The van der Waals surface area contributed by atoms with E-state index in [1.807, 2.05) is 0 Å². The molecule has 2 aromatic carbocycles. The normalized spacial score (nSPS) is 13.6. The van der Waals surface area contributed by atoms with E-state index in [0.29, 0.717) is 39.8 Å². The molecule has 1 aliphatic rings. The van der Waals surface area contributed by atoms with Gasteiger partial charge >= 0.3 is 12.2 Å². The zero-order valence-electron chi connectivity index (χ0n) is 17.9. The molecule has 0 bridgehead atoms. The molecule has 180 valence electrons. The molecule has 1 N–H and O–H groups in total. The number of anilines is 1. The first-order valence-electron chi connectivity index (χ1n) is 10.3. The molecule has 1 aliphatic heterocycles. The Morgan fingerprint density at radius 2 is 1.69 bits per heavy atom. The van der Waals surface area contributed by atoms with Crippen LogP contribution in [0.1, 0.15) is 32.7 Å². The summed E-state index contributed by atoms with van der Waals surface area (Å²) in [5, 5.41) is 8.55. The third-order valence-electron chi connectivity index (χ3n) is 5.17. The van der Waals surface area contributed by atoms with Gasteiger partial charge in [-0.15, -0.1) is 0 Å². The number of amides is 2. The van der Waals surface area contributed by atoms with Gasteiger partial charge in [-0.05, 0) is 35.4 Å². The highest BCUT2D eigenvalue weighted by Gasteiger charge is 2.28. The summed E-state index contributed by atoms with van der Waals surface area (Å²) in [6.45, 7) is 0.341. The lowest BCUT2D eigenvalue weighted by atomic mass is 9.99. The number of urea groups is 1. The van der Waals surface area contributed by atoms with Crippen LogP contribution in [0.3, 0.4) is 0 Å². The van der Waals surface area contributed by atoms with Crippen LogP contribution in [0.25, 0.3) is 0 Å². The lowest BCUT2D eigenvalue weighted by molar-refractivity contribution is -0.127. The molecule has 0 atom stereocenters. The first-order valence-corrected chi connectivity index (χ1v) is 11.1. The summed E-state index contributed by atoms with van der Waals surface area (Å²) in [4.78, 5) is 28.4. The van der Waals surface area contributed by atoms with E-state index in [4.69, 9.17) is 23.2 Å². The number of carbonyl (C=O) groups is 2. The fourth-order valence-electron chi connectivity index (χ4n) is 3.46. The van der Waals surface area contributed by atoms with Crippen molar-refractivity contribution < 1.29 is 22.8 Å². The van der Waals surface area contributed by atoms with Crippen LogP contribution in [0.2, 0.25) is 10.0 Å². The van der Waals surface area contributed by atoms with Crippen molar-refractivity contribution in [2.45, 2.75) is 19.0 Å². The van der Waals surface area contributed by atoms with Crippen molar-refractivity contribution in [3.05, 3.63) is 92.7 Å². The Morgan fingerprint density at radius 3 is 2.26 bits per heavy atom. The van der Waals surface area contributed by atoms with Crippen molar-refractivity contribution in [3.8, 4) is 0 Å². The molecular formula is C24H17Cl2F3N4O2. The number of hydrogen-bond donors (Lipinski definition) is 1. The molecule has 3 aromatic rings. The summed E-state index contributed by atoms with van der Waals surface area (Å²) in [6, 6.07) is 12.0. The van der Waals surface area contributed by atoms with Gasteiger partial charge in [0.2, 0.25) is 0 Å². The summed E-state index contributed by atoms with van der Waals surface area (Å²) in [5.74, 6) is -0.358. The van der Waals surface area contributed by atoms with Crippen molar-refractivity contribution in [1.82, 2.24) is 10.3 Å². The fourth-order valence-corrected chi connectivity index (χ4v) is 4.07. The summed E-state index contributed by atoms with van der Waals surface area (Å²) in [7, 11) is 0. The van der Waals surface area contributed by atoms with E-state index in [0.717, 1.165) is 16.8 Å². The Bertz CT molecular complexity index is 1270. The van der Waals surface area contributed by atoms with Gasteiger partial charge in [-0.25, -0.2) is 4.79 Å². The van der Waals surface area contributed by atoms with Gasteiger partial charge in [-0.3, -0.25) is 9.78 Å². The molecular weight excluding hydrogens is 504 g/mol. The second-order valence-electron chi connectivity index (χ2n) is 7.72. The maximum atomic E-state index is 12.7. The van der Waals surface area contributed by atoms with Crippen LogP contribution < -0.4 is 10.3 Å². The van der Waals surface area contributed by atoms with Crippen molar-refractivity contribution in [2.24, 2.45) is 5.10 Å². The highest BCUT2D eigenvalue weighted by Crippen LogP contribution is 2.33.